The first-order valence-electron chi connectivity index (χ1n) is 7.84. The summed E-state index contributed by atoms with van der Waals surface area (Å²) >= 11 is 0. The van der Waals surface area contributed by atoms with Crippen molar-refractivity contribution in [3.05, 3.63) is 0 Å². The fraction of sp³-hybridized carbons (Fsp3) is 1.00. The standard InChI is InChI=1S/C15H32N2O2S/c1-6-17(20(5,18)19)11-7-10-16-14-8-9-15(3,4)12-13(14)2/h13-14,16H,6-12H2,1-5H3. The number of nitrogens with one attached hydrogen (secondary N) is 1. The van der Waals surface area contributed by atoms with E-state index in [9.17, 15) is 8.42 Å². The number of sulfonamides is 1. The molecular formula is C15H32N2O2S. The van der Waals surface area contributed by atoms with Gasteiger partial charge in [0.2, 0.25) is 10.0 Å². The quantitative estimate of drug-likeness (QED) is 0.735. The predicted molar refractivity (Wildman–Crippen MR) is 85.3 cm³/mol. The Labute approximate surface area is 125 Å². The fourth-order valence-electron chi connectivity index (χ4n) is 3.35. The lowest BCUT2D eigenvalue weighted by molar-refractivity contribution is 0.149. The van der Waals surface area contributed by atoms with Gasteiger partial charge in [0.05, 0.1) is 6.26 Å². The maximum atomic E-state index is 11.5. The minimum Gasteiger partial charge on any atom is -0.314 e. The van der Waals surface area contributed by atoms with Crippen LogP contribution >= 0.6 is 0 Å². The number of hydrogen-bond donors (Lipinski definition) is 1. The maximum absolute atomic E-state index is 11.5. The van der Waals surface area contributed by atoms with E-state index in [0.717, 1.165) is 13.0 Å². The zero-order valence-electron chi connectivity index (χ0n) is 13.8. The van der Waals surface area contributed by atoms with Crippen molar-refractivity contribution in [1.82, 2.24) is 9.62 Å². The maximum Gasteiger partial charge on any atom is 0.211 e. The lowest BCUT2D eigenvalue weighted by Crippen LogP contribution is -2.42. The molecule has 1 rings (SSSR count). The molecule has 0 amide bonds. The molecule has 0 saturated heterocycles. The zero-order valence-corrected chi connectivity index (χ0v) is 14.6. The zero-order chi connectivity index (χ0) is 15.4. The third kappa shape index (κ3) is 5.70. The highest BCUT2D eigenvalue weighted by atomic mass is 32.2. The minimum atomic E-state index is -3.04. The normalized spacial score (nSPS) is 26.9. The molecule has 5 heteroatoms. The molecule has 20 heavy (non-hydrogen) atoms. The summed E-state index contributed by atoms with van der Waals surface area (Å²) in [7, 11) is -3.04. The van der Waals surface area contributed by atoms with E-state index in [1.165, 1.54) is 25.5 Å². The van der Waals surface area contributed by atoms with E-state index in [2.05, 4.69) is 26.1 Å². The van der Waals surface area contributed by atoms with E-state index in [4.69, 9.17) is 0 Å². The highest BCUT2D eigenvalue weighted by molar-refractivity contribution is 7.88. The van der Waals surface area contributed by atoms with Crippen LogP contribution in [0.25, 0.3) is 0 Å². The van der Waals surface area contributed by atoms with Crippen LogP contribution in [0.15, 0.2) is 0 Å². The first-order chi connectivity index (χ1) is 9.15. The molecule has 0 aromatic carbocycles. The summed E-state index contributed by atoms with van der Waals surface area (Å²) in [5.74, 6) is 0.705. The van der Waals surface area contributed by atoms with Crippen LogP contribution in [-0.4, -0.2) is 44.7 Å². The summed E-state index contributed by atoms with van der Waals surface area (Å²) in [6, 6.07) is 0.594. The molecule has 2 unspecified atom stereocenters. The van der Waals surface area contributed by atoms with Gasteiger partial charge in [0, 0.05) is 19.1 Å². The smallest absolute Gasteiger partial charge is 0.211 e. The highest BCUT2D eigenvalue weighted by Crippen LogP contribution is 2.38. The average Bonchev–Trinajstić information content (AvgIpc) is 2.29. The second-order valence-corrected chi connectivity index (χ2v) is 9.04. The average molecular weight is 305 g/mol. The van der Waals surface area contributed by atoms with Crippen LogP contribution in [0.4, 0.5) is 0 Å². The number of hydrogen-bond acceptors (Lipinski definition) is 3. The molecular weight excluding hydrogens is 272 g/mol. The molecule has 1 aliphatic carbocycles. The Morgan fingerprint density at radius 2 is 2.00 bits per heavy atom. The molecule has 120 valence electrons. The van der Waals surface area contributed by atoms with Crippen molar-refractivity contribution in [1.29, 1.82) is 0 Å². The van der Waals surface area contributed by atoms with Crippen LogP contribution in [0.2, 0.25) is 0 Å². The Kier molecular flexibility index (Phi) is 6.48. The van der Waals surface area contributed by atoms with Crippen LogP contribution in [0.5, 0.6) is 0 Å². The van der Waals surface area contributed by atoms with E-state index >= 15 is 0 Å². The van der Waals surface area contributed by atoms with Crippen LogP contribution in [-0.2, 0) is 10.0 Å². The second kappa shape index (κ2) is 7.23. The van der Waals surface area contributed by atoms with Gasteiger partial charge in [-0.05, 0) is 43.6 Å². The fourth-order valence-corrected chi connectivity index (χ4v) is 4.28. The Hall–Kier alpha value is -0.130. The molecule has 0 aromatic heterocycles. The van der Waals surface area contributed by atoms with E-state index in [0.29, 0.717) is 30.5 Å². The van der Waals surface area contributed by atoms with Gasteiger partial charge in [-0.1, -0.05) is 27.7 Å². The van der Waals surface area contributed by atoms with Gasteiger partial charge in [0.15, 0.2) is 0 Å². The molecule has 0 heterocycles. The predicted octanol–water partition coefficient (Wildman–Crippen LogP) is 2.46. The van der Waals surface area contributed by atoms with Crippen LogP contribution < -0.4 is 5.32 Å². The lowest BCUT2D eigenvalue weighted by atomic mass is 9.70. The Balaban J connectivity index is 2.28. The van der Waals surface area contributed by atoms with Gasteiger partial charge in [-0.2, -0.15) is 0 Å². The van der Waals surface area contributed by atoms with Gasteiger partial charge in [0.25, 0.3) is 0 Å². The van der Waals surface area contributed by atoms with Crippen molar-refractivity contribution in [3.63, 3.8) is 0 Å². The molecule has 1 saturated carbocycles. The minimum absolute atomic E-state index is 0.479. The monoisotopic (exact) mass is 304 g/mol. The molecule has 4 nitrogen and oxygen atoms in total. The summed E-state index contributed by atoms with van der Waals surface area (Å²) in [6.45, 7) is 11.0. The van der Waals surface area contributed by atoms with E-state index < -0.39 is 10.0 Å². The van der Waals surface area contributed by atoms with Crippen LogP contribution in [0.3, 0.4) is 0 Å². The molecule has 2 atom stereocenters. The van der Waals surface area contributed by atoms with Crippen molar-refractivity contribution in [2.24, 2.45) is 11.3 Å². The van der Waals surface area contributed by atoms with E-state index in [1.54, 1.807) is 4.31 Å². The largest absolute Gasteiger partial charge is 0.314 e. The Morgan fingerprint density at radius 1 is 1.35 bits per heavy atom. The summed E-state index contributed by atoms with van der Waals surface area (Å²) in [4.78, 5) is 0. The lowest BCUT2D eigenvalue weighted by Gasteiger charge is -2.39. The summed E-state index contributed by atoms with van der Waals surface area (Å²) in [5.41, 5.74) is 0.479. The van der Waals surface area contributed by atoms with Gasteiger partial charge < -0.3 is 5.32 Å². The molecule has 0 aliphatic heterocycles. The number of nitrogens with zero attached hydrogens (tertiary/aromatic N) is 1. The van der Waals surface area contributed by atoms with E-state index in [1.807, 2.05) is 6.92 Å². The van der Waals surface area contributed by atoms with Crippen molar-refractivity contribution >= 4 is 10.0 Å². The summed E-state index contributed by atoms with van der Waals surface area (Å²) in [5, 5.41) is 3.62. The van der Waals surface area contributed by atoms with Crippen molar-refractivity contribution < 1.29 is 8.42 Å². The van der Waals surface area contributed by atoms with Crippen molar-refractivity contribution in [2.75, 3.05) is 25.9 Å². The third-order valence-corrected chi connectivity index (χ3v) is 5.88. The molecule has 0 spiro atoms. The van der Waals surface area contributed by atoms with Crippen LogP contribution in [0.1, 0.15) is 53.4 Å². The molecule has 1 fully saturated rings. The Bertz CT molecular complexity index is 393. The second-order valence-electron chi connectivity index (χ2n) is 7.05. The summed E-state index contributed by atoms with van der Waals surface area (Å²) in [6.07, 6.45) is 5.95. The molecule has 1 aliphatic rings. The Morgan fingerprint density at radius 3 is 2.50 bits per heavy atom. The molecule has 1 N–H and O–H groups in total. The first-order valence-corrected chi connectivity index (χ1v) is 9.69. The molecule has 0 radical (unpaired) electrons. The SMILES string of the molecule is CCN(CCCNC1CCC(C)(C)CC1C)S(C)(=O)=O. The van der Waals surface area contributed by atoms with Crippen LogP contribution in [0, 0.1) is 11.3 Å². The molecule has 0 aromatic rings. The third-order valence-electron chi connectivity index (χ3n) is 4.51. The highest BCUT2D eigenvalue weighted by Gasteiger charge is 2.31. The van der Waals surface area contributed by atoms with Gasteiger partial charge in [0.1, 0.15) is 0 Å². The van der Waals surface area contributed by atoms with Gasteiger partial charge >= 0.3 is 0 Å². The van der Waals surface area contributed by atoms with Gasteiger partial charge in [-0.3, -0.25) is 0 Å². The first kappa shape index (κ1) is 17.9. The topological polar surface area (TPSA) is 49.4 Å². The van der Waals surface area contributed by atoms with Crippen molar-refractivity contribution in [2.45, 2.75) is 59.4 Å². The van der Waals surface area contributed by atoms with Gasteiger partial charge in [-0.25, -0.2) is 12.7 Å². The molecule has 0 bridgehead atoms. The summed E-state index contributed by atoms with van der Waals surface area (Å²) < 4.78 is 24.5. The van der Waals surface area contributed by atoms with Crippen molar-refractivity contribution in [3.8, 4) is 0 Å². The number of rotatable bonds is 7. The van der Waals surface area contributed by atoms with Gasteiger partial charge in [-0.15, -0.1) is 0 Å². The van der Waals surface area contributed by atoms with E-state index in [-0.39, 0.29) is 0 Å².